The third-order valence-corrected chi connectivity index (χ3v) is 2.95. The third-order valence-electron chi connectivity index (χ3n) is 2.95. The zero-order valence-corrected chi connectivity index (χ0v) is 11.0. The number of tetrazole rings is 1. The number of nitrogens with two attached hydrogens (primary N) is 1. The highest BCUT2D eigenvalue weighted by molar-refractivity contribution is 5.53. The van der Waals surface area contributed by atoms with Crippen molar-refractivity contribution < 1.29 is 0 Å². The molecule has 100 valence electrons. The Morgan fingerprint density at radius 1 is 1.10 bits per heavy atom. The highest BCUT2D eigenvalue weighted by Gasteiger charge is 2.08. The Kier molecular flexibility index (Phi) is 3.22. The molecule has 0 amide bonds. The molecule has 0 aliphatic heterocycles. The van der Waals surface area contributed by atoms with Crippen LogP contribution in [-0.4, -0.2) is 25.2 Å². The van der Waals surface area contributed by atoms with E-state index < -0.39 is 0 Å². The highest BCUT2D eigenvalue weighted by atomic mass is 15.6. The number of hydrogen-bond acceptors (Lipinski definition) is 5. The Hall–Kier alpha value is -2.60. The van der Waals surface area contributed by atoms with Crippen LogP contribution >= 0.6 is 0 Å². The van der Waals surface area contributed by atoms with E-state index in [4.69, 9.17) is 5.73 Å². The van der Waals surface area contributed by atoms with E-state index in [2.05, 4.69) is 20.4 Å². The first-order valence-corrected chi connectivity index (χ1v) is 6.31. The van der Waals surface area contributed by atoms with E-state index in [-0.39, 0.29) is 6.04 Å². The second-order valence-electron chi connectivity index (χ2n) is 4.51. The monoisotopic (exact) mass is 266 g/mol. The van der Waals surface area contributed by atoms with Crippen molar-refractivity contribution in [2.45, 2.75) is 13.0 Å². The molecule has 3 aromatic rings. The Morgan fingerprint density at radius 3 is 2.55 bits per heavy atom. The van der Waals surface area contributed by atoms with E-state index in [1.54, 1.807) is 6.20 Å². The highest BCUT2D eigenvalue weighted by Crippen LogP contribution is 2.14. The fraction of sp³-hybridized carbons (Fsp3) is 0.143. The smallest absolute Gasteiger partial charge is 0.205 e. The Bertz CT molecular complexity index is 687. The summed E-state index contributed by atoms with van der Waals surface area (Å²) in [5.41, 5.74) is 7.68. The zero-order valence-electron chi connectivity index (χ0n) is 11.0. The van der Waals surface area contributed by atoms with Crippen LogP contribution < -0.4 is 5.73 Å². The van der Waals surface area contributed by atoms with Crippen molar-refractivity contribution >= 4 is 0 Å². The van der Waals surface area contributed by atoms with Crippen molar-refractivity contribution in [2.75, 3.05) is 0 Å². The summed E-state index contributed by atoms with van der Waals surface area (Å²) >= 11 is 0. The van der Waals surface area contributed by atoms with Gasteiger partial charge in [0.15, 0.2) is 5.82 Å². The number of benzene rings is 1. The molecule has 1 unspecified atom stereocenters. The molecule has 2 aromatic heterocycles. The molecule has 6 nitrogen and oxygen atoms in total. The SMILES string of the molecule is CC(N)c1ccc(-n2nnc(-c3ccccc3)n2)nc1. The molecule has 1 aromatic carbocycles. The first kappa shape index (κ1) is 12.4. The van der Waals surface area contributed by atoms with Crippen molar-refractivity contribution in [1.82, 2.24) is 25.2 Å². The van der Waals surface area contributed by atoms with Gasteiger partial charge >= 0.3 is 0 Å². The topological polar surface area (TPSA) is 82.5 Å². The second kappa shape index (κ2) is 5.18. The third kappa shape index (κ3) is 2.41. The summed E-state index contributed by atoms with van der Waals surface area (Å²) in [7, 11) is 0. The molecule has 0 radical (unpaired) electrons. The van der Waals surface area contributed by atoms with Crippen LogP contribution in [0.1, 0.15) is 18.5 Å². The molecule has 0 bridgehead atoms. The number of pyridine rings is 1. The maximum Gasteiger partial charge on any atom is 0.205 e. The molecule has 0 saturated heterocycles. The van der Waals surface area contributed by atoms with E-state index in [1.165, 1.54) is 4.80 Å². The van der Waals surface area contributed by atoms with Gasteiger partial charge in [0.1, 0.15) is 0 Å². The van der Waals surface area contributed by atoms with Crippen molar-refractivity contribution in [3.05, 3.63) is 54.2 Å². The van der Waals surface area contributed by atoms with Crippen LogP contribution in [-0.2, 0) is 0 Å². The largest absolute Gasteiger partial charge is 0.324 e. The van der Waals surface area contributed by atoms with Crippen molar-refractivity contribution in [3.63, 3.8) is 0 Å². The lowest BCUT2D eigenvalue weighted by Crippen LogP contribution is -2.07. The molecular formula is C14H14N6. The standard InChI is InChI=1S/C14H14N6/c1-10(15)12-7-8-13(16-9-12)20-18-14(17-19-20)11-5-3-2-4-6-11/h2-10H,15H2,1H3. The summed E-state index contributed by atoms with van der Waals surface area (Å²) < 4.78 is 0. The minimum atomic E-state index is -0.0415. The molecule has 0 aliphatic carbocycles. The van der Waals surface area contributed by atoms with Crippen LogP contribution in [0.15, 0.2) is 48.7 Å². The quantitative estimate of drug-likeness (QED) is 0.780. The van der Waals surface area contributed by atoms with Gasteiger partial charge in [-0.15, -0.1) is 15.0 Å². The first-order chi connectivity index (χ1) is 9.74. The summed E-state index contributed by atoms with van der Waals surface area (Å²) in [6.07, 6.45) is 1.73. The number of nitrogens with zero attached hydrogens (tertiary/aromatic N) is 5. The van der Waals surface area contributed by atoms with Gasteiger partial charge < -0.3 is 5.73 Å². The summed E-state index contributed by atoms with van der Waals surface area (Å²) in [5.74, 6) is 1.19. The fourth-order valence-electron chi connectivity index (χ4n) is 1.80. The fourth-order valence-corrected chi connectivity index (χ4v) is 1.80. The van der Waals surface area contributed by atoms with Crippen LogP contribution in [0.5, 0.6) is 0 Å². The average Bonchev–Trinajstić information content (AvgIpc) is 2.98. The van der Waals surface area contributed by atoms with Gasteiger partial charge in [-0.25, -0.2) is 4.98 Å². The van der Waals surface area contributed by atoms with Crippen LogP contribution in [0.3, 0.4) is 0 Å². The van der Waals surface area contributed by atoms with Gasteiger partial charge in [-0.2, -0.15) is 0 Å². The lowest BCUT2D eigenvalue weighted by atomic mass is 10.2. The zero-order chi connectivity index (χ0) is 13.9. The molecule has 2 N–H and O–H groups in total. The predicted octanol–water partition coefficient (Wildman–Crippen LogP) is 1.74. The Labute approximate surface area is 116 Å². The van der Waals surface area contributed by atoms with Gasteiger partial charge in [0, 0.05) is 17.8 Å². The number of aromatic nitrogens is 5. The summed E-state index contributed by atoms with van der Waals surface area (Å²) in [6.45, 7) is 1.91. The summed E-state index contributed by atoms with van der Waals surface area (Å²) in [4.78, 5) is 5.71. The van der Waals surface area contributed by atoms with E-state index in [1.807, 2.05) is 49.4 Å². The van der Waals surface area contributed by atoms with Gasteiger partial charge in [-0.1, -0.05) is 36.4 Å². The Morgan fingerprint density at radius 2 is 1.90 bits per heavy atom. The van der Waals surface area contributed by atoms with Crippen LogP contribution in [0, 0.1) is 0 Å². The molecule has 6 heteroatoms. The minimum absolute atomic E-state index is 0.0415. The van der Waals surface area contributed by atoms with Crippen molar-refractivity contribution in [1.29, 1.82) is 0 Å². The summed E-state index contributed by atoms with van der Waals surface area (Å²) in [6, 6.07) is 13.4. The lowest BCUT2D eigenvalue weighted by Gasteiger charge is -2.04. The van der Waals surface area contributed by atoms with Crippen LogP contribution in [0.25, 0.3) is 17.2 Å². The predicted molar refractivity (Wildman–Crippen MR) is 75.0 cm³/mol. The normalized spacial score (nSPS) is 12.3. The number of rotatable bonds is 3. The van der Waals surface area contributed by atoms with Gasteiger partial charge in [0.05, 0.1) is 0 Å². The maximum atomic E-state index is 5.79. The van der Waals surface area contributed by atoms with Crippen LogP contribution in [0.4, 0.5) is 0 Å². The molecule has 0 fully saturated rings. The average molecular weight is 266 g/mol. The molecule has 1 atom stereocenters. The molecule has 3 rings (SSSR count). The van der Waals surface area contributed by atoms with Crippen LogP contribution in [0.2, 0.25) is 0 Å². The number of hydrogen-bond donors (Lipinski definition) is 1. The molecule has 0 aliphatic rings. The molecule has 0 saturated carbocycles. The van der Waals surface area contributed by atoms with Gasteiger partial charge in [0.2, 0.25) is 5.82 Å². The lowest BCUT2D eigenvalue weighted by molar-refractivity contribution is 0.697. The van der Waals surface area contributed by atoms with E-state index in [9.17, 15) is 0 Å². The molecule has 0 spiro atoms. The molecular weight excluding hydrogens is 252 g/mol. The first-order valence-electron chi connectivity index (χ1n) is 6.31. The molecule has 20 heavy (non-hydrogen) atoms. The van der Waals surface area contributed by atoms with Gasteiger partial charge in [-0.05, 0) is 23.8 Å². The van der Waals surface area contributed by atoms with Gasteiger partial charge in [0.25, 0.3) is 0 Å². The minimum Gasteiger partial charge on any atom is -0.324 e. The Balaban J connectivity index is 1.90. The summed E-state index contributed by atoms with van der Waals surface area (Å²) in [5, 5.41) is 12.4. The van der Waals surface area contributed by atoms with E-state index >= 15 is 0 Å². The van der Waals surface area contributed by atoms with E-state index in [0.717, 1.165) is 11.1 Å². The van der Waals surface area contributed by atoms with Crippen molar-refractivity contribution in [3.8, 4) is 17.2 Å². The maximum absolute atomic E-state index is 5.79. The van der Waals surface area contributed by atoms with Crippen molar-refractivity contribution in [2.24, 2.45) is 5.73 Å². The van der Waals surface area contributed by atoms with E-state index in [0.29, 0.717) is 11.6 Å². The van der Waals surface area contributed by atoms with Gasteiger partial charge in [-0.3, -0.25) is 0 Å². The second-order valence-corrected chi connectivity index (χ2v) is 4.51. The molecule has 2 heterocycles.